The number of nitrogens with zero attached hydrogens (tertiary/aromatic N) is 5. The summed E-state index contributed by atoms with van der Waals surface area (Å²) >= 11 is 0. The van der Waals surface area contributed by atoms with Crippen LogP contribution in [0, 0.1) is 12.7 Å². The molecule has 0 atom stereocenters. The van der Waals surface area contributed by atoms with Gasteiger partial charge >= 0.3 is 0 Å². The molecule has 142 valence electrons. The van der Waals surface area contributed by atoms with Crippen molar-refractivity contribution in [2.75, 3.05) is 18.0 Å². The van der Waals surface area contributed by atoms with Gasteiger partial charge in [0, 0.05) is 42.5 Å². The number of benzene rings is 2. The van der Waals surface area contributed by atoms with E-state index < -0.39 is 0 Å². The van der Waals surface area contributed by atoms with E-state index in [2.05, 4.69) is 28.8 Å². The standard InChI is InChI=1S/C22H22FN5/c1-4-27(5-2)21-18-13-17(16-10-7-6-9-15(16)3)19(23)14-20(18)25-22(26-21)28-12-8-11-24-28/h6-14H,4-5H2,1-3H3. The number of hydrogen-bond acceptors (Lipinski definition) is 4. The Labute approximate surface area is 163 Å². The summed E-state index contributed by atoms with van der Waals surface area (Å²) in [7, 11) is 0. The van der Waals surface area contributed by atoms with E-state index in [9.17, 15) is 0 Å². The molecule has 0 amide bonds. The zero-order valence-electron chi connectivity index (χ0n) is 16.2. The second-order valence-electron chi connectivity index (χ2n) is 6.63. The van der Waals surface area contributed by atoms with Crippen LogP contribution in [0.2, 0.25) is 0 Å². The van der Waals surface area contributed by atoms with Gasteiger partial charge in [-0.05, 0) is 44.0 Å². The molecule has 0 bridgehead atoms. The van der Waals surface area contributed by atoms with Crippen molar-refractivity contribution in [3.05, 3.63) is 66.2 Å². The molecule has 6 heteroatoms. The van der Waals surface area contributed by atoms with Crippen LogP contribution in [-0.2, 0) is 0 Å². The lowest BCUT2D eigenvalue weighted by Gasteiger charge is -2.22. The first-order valence-corrected chi connectivity index (χ1v) is 9.44. The van der Waals surface area contributed by atoms with Crippen molar-refractivity contribution in [2.24, 2.45) is 0 Å². The third kappa shape index (κ3) is 3.11. The monoisotopic (exact) mass is 375 g/mol. The van der Waals surface area contributed by atoms with Crippen molar-refractivity contribution in [2.45, 2.75) is 20.8 Å². The van der Waals surface area contributed by atoms with Gasteiger partial charge in [-0.1, -0.05) is 24.3 Å². The van der Waals surface area contributed by atoms with E-state index in [0.717, 1.165) is 35.4 Å². The van der Waals surface area contributed by atoms with Gasteiger partial charge in [-0.2, -0.15) is 10.1 Å². The van der Waals surface area contributed by atoms with Crippen LogP contribution >= 0.6 is 0 Å². The van der Waals surface area contributed by atoms with Gasteiger partial charge in [0.15, 0.2) is 0 Å². The third-order valence-electron chi connectivity index (χ3n) is 4.96. The smallest absolute Gasteiger partial charge is 0.253 e. The average Bonchev–Trinajstić information content (AvgIpc) is 3.24. The topological polar surface area (TPSA) is 46.8 Å². The van der Waals surface area contributed by atoms with Crippen LogP contribution in [0.5, 0.6) is 0 Å². The van der Waals surface area contributed by atoms with Crippen LogP contribution in [0.25, 0.3) is 28.0 Å². The maximum atomic E-state index is 15.1. The van der Waals surface area contributed by atoms with Crippen LogP contribution in [0.1, 0.15) is 19.4 Å². The van der Waals surface area contributed by atoms with E-state index in [-0.39, 0.29) is 5.82 Å². The average molecular weight is 375 g/mol. The molecule has 0 saturated carbocycles. The Morgan fingerprint density at radius 1 is 1.00 bits per heavy atom. The van der Waals surface area contributed by atoms with E-state index in [0.29, 0.717) is 17.0 Å². The van der Waals surface area contributed by atoms with Gasteiger partial charge in [0.05, 0.1) is 5.52 Å². The molecule has 0 aliphatic heterocycles. The molecule has 4 aromatic rings. The lowest BCUT2D eigenvalue weighted by Crippen LogP contribution is -2.24. The molecule has 0 unspecified atom stereocenters. The molecule has 0 spiro atoms. The first-order chi connectivity index (χ1) is 13.6. The summed E-state index contributed by atoms with van der Waals surface area (Å²) in [6.45, 7) is 7.73. The van der Waals surface area contributed by atoms with Crippen LogP contribution in [0.15, 0.2) is 54.9 Å². The maximum Gasteiger partial charge on any atom is 0.253 e. The van der Waals surface area contributed by atoms with Gasteiger partial charge in [0.25, 0.3) is 5.95 Å². The molecule has 2 aromatic carbocycles. The lowest BCUT2D eigenvalue weighted by molar-refractivity contribution is 0.632. The summed E-state index contributed by atoms with van der Waals surface area (Å²) in [6, 6.07) is 13.0. The molecular formula is C22H22FN5. The first kappa shape index (κ1) is 18.1. The van der Waals surface area contributed by atoms with Gasteiger partial charge in [-0.3, -0.25) is 0 Å². The Bertz CT molecular complexity index is 1120. The molecule has 28 heavy (non-hydrogen) atoms. The fourth-order valence-corrected chi connectivity index (χ4v) is 3.46. The Morgan fingerprint density at radius 2 is 1.79 bits per heavy atom. The van der Waals surface area contributed by atoms with Gasteiger partial charge in [0.2, 0.25) is 0 Å². The molecule has 2 aromatic heterocycles. The Kier molecular flexibility index (Phi) is 4.77. The second kappa shape index (κ2) is 7.38. The van der Waals surface area contributed by atoms with Gasteiger partial charge in [-0.15, -0.1) is 0 Å². The molecular weight excluding hydrogens is 353 g/mol. The molecule has 2 heterocycles. The summed E-state index contributed by atoms with van der Waals surface area (Å²) in [5.74, 6) is 0.926. The van der Waals surface area contributed by atoms with Crippen molar-refractivity contribution in [3.8, 4) is 17.1 Å². The van der Waals surface area contributed by atoms with Crippen LogP contribution in [0.4, 0.5) is 10.2 Å². The number of anilines is 1. The van der Waals surface area contributed by atoms with E-state index >= 15 is 4.39 Å². The van der Waals surface area contributed by atoms with E-state index in [1.807, 2.05) is 43.3 Å². The summed E-state index contributed by atoms with van der Waals surface area (Å²) in [5.41, 5.74) is 3.04. The Balaban J connectivity index is 2.01. The molecule has 0 N–H and O–H groups in total. The van der Waals surface area contributed by atoms with Crippen LogP contribution < -0.4 is 4.90 Å². The second-order valence-corrected chi connectivity index (χ2v) is 6.63. The van der Waals surface area contributed by atoms with Crippen molar-refractivity contribution < 1.29 is 4.39 Å². The van der Waals surface area contributed by atoms with Gasteiger partial charge in [-0.25, -0.2) is 14.1 Å². The summed E-state index contributed by atoms with van der Waals surface area (Å²) in [5, 5.41) is 5.06. The van der Waals surface area contributed by atoms with Crippen molar-refractivity contribution in [3.63, 3.8) is 0 Å². The number of aryl methyl sites for hydroxylation is 1. The SMILES string of the molecule is CCN(CC)c1nc(-n2cccn2)nc2cc(F)c(-c3ccccc3C)cc12. The zero-order valence-corrected chi connectivity index (χ0v) is 16.2. The highest BCUT2D eigenvalue weighted by Crippen LogP contribution is 2.33. The minimum atomic E-state index is -0.294. The van der Waals surface area contributed by atoms with E-state index in [1.165, 1.54) is 6.07 Å². The predicted molar refractivity (Wildman–Crippen MR) is 110 cm³/mol. The van der Waals surface area contributed by atoms with Gasteiger partial charge in [0.1, 0.15) is 11.6 Å². The van der Waals surface area contributed by atoms with Crippen LogP contribution in [-0.4, -0.2) is 32.8 Å². The Morgan fingerprint density at radius 3 is 2.46 bits per heavy atom. The number of halogens is 1. The molecule has 4 rings (SSSR count). The minimum absolute atomic E-state index is 0.294. The van der Waals surface area contributed by atoms with E-state index in [1.54, 1.807) is 17.1 Å². The molecule has 5 nitrogen and oxygen atoms in total. The van der Waals surface area contributed by atoms with E-state index in [4.69, 9.17) is 4.98 Å². The van der Waals surface area contributed by atoms with Crippen molar-refractivity contribution >= 4 is 16.7 Å². The summed E-state index contributed by atoms with van der Waals surface area (Å²) in [4.78, 5) is 11.5. The number of rotatable bonds is 5. The third-order valence-corrected chi connectivity index (χ3v) is 4.96. The lowest BCUT2D eigenvalue weighted by atomic mass is 9.98. The normalized spacial score (nSPS) is 11.1. The van der Waals surface area contributed by atoms with Crippen molar-refractivity contribution in [1.29, 1.82) is 0 Å². The quantitative estimate of drug-likeness (QED) is 0.504. The molecule has 0 saturated heterocycles. The molecule has 0 fully saturated rings. The highest BCUT2D eigenvalue weighted by molar-refractivity contribution is 5.94. The Hall–Kier alpha value is -3.28. The largest absolute Gasteiger partial charge is 0.356 e. The number of aromatic nitrogens is 4. The first-order valence-electron chi connectivity index (χ1n) is 9.44. The maximum absolute atomic E-state index is 15.1. The van der Waals surface area contributed by atoms with Gasteiger partial charge < -0.3 is 4.90 Å². The highest BCUT2D eigenvalue weighted by Gasteiger charge is 2.17. The predicted octanol–water partition coefficient (Wildman–Crippen LogP) is 4.78. The summed E-state index contributed by atoms with van der Waals surface area (Å²) in [6.07, 6.45) is 3.46. The zero-order chi connectivity index (χ0) is 19.7. The molecule has 0 radical (unpaired) electrons. The van der Waals surface area contributed by atoms with Crippen LogP contribution in [0.3, 0.4) is 0 Å². The molecule has 0 aliphatic rings. The van der Waals surface area contributed by atoms with Crippen molar-refractivity contribution in [1.82, 2.24) is 19.7 Å². The summed E-state index contributed by atoms with van der Waals surface area (Å²) < 4.78 is 16.7. The molecule has 0 aliphatic carbocycles. The number of fused-ring (bicyclic) bond motifs is 1. The highest BCUT2D eigenvalue weighted by atomic mass is 19.1. The fourth-order valence-electron chi connectivity index (χ4n) is 3.46. The fraction of sp³-hybridized carbons (Fsp3) is 0.227. The number of hydrogen-bond donors (Lipinski definition) is 0. The minimum Gasteiger partial charge on any atom is -0.356 e.